The van der Waals surface area contributed by atoms with E-state index < -0.39 is 0 Å². The van der Waals surface area contributed by atoms with Gasteiger partial charge in [0.1, 0.15) is 12.1 Å². The molecule has 0 aliphatic rings. The SMILES string of the molecule is Cc1csc2c(NCCc3cccs3)ncnc12. The number of fused-ring (bicyclic) bond motifs is 1. The van der Waals surface area contributed by atoms with Gasteiger partial charge in [-0.25, -0.2) is 9.97 Å². The Morgan fingerprint density at radius 1 is 1.28 bits per heavy atom. The molecule has 3 aromatic rings. The number of nitrogens with one attached hydrogen (secondary N) is 1. The highest BCUT2D eigenvalue weighted by molar-refractivity contribution is 7.18. The summed E-state index contributed by atoms with van der Waals surface area (Å²) in [4.78, 5) is 10.0. The first-order valence-electron chi connectivity index (χ1n) is 5.79. The van der Waals surface area contributed by atoms with E-state index in [1.165, 1.54) is 10.4 Å². The minimum atomic E-state index is 0.906. The molecule has 0 unspecified atom stereocenters. The van der Waals surface area contributed by atoms with Crippen LogP contribution in [0.5, 0.6) is 0 Å². The molecule has 18 heavy (non-hydrogen) atoms. The van der Waals surface area contributed by atoms with E-state index in [1.807, 2.05) is 0 Å². The molecule has 0 aromatic carbocycles. The molecule has 0 atom stereocenters. The van der Waals surface area contributed by atoms with Gasteiger partial charge in [-0.3, -0.25) is 0 Å². The third-order valence-electron chi connectivity index (χ3n) is 2.77. The Balaban J connectivity index is 1.74. The van der Waals surface area contributed by atoms with Gasteiger partial charge in [-0.1, -0.05) is 6.07 Å². The Kier molecular flexibility index (Phi) is 3.25. The van der Waals surface area contributed by atoms with Crippen LogP contribution in [-0.4, -0.2) is 16.5 Å². The van der Waals surface area contributed by atoms with Gasteiger partial charge in [0.25, 0.3) is 0 Å². The number of rotatable bonds is 4. The van der Waals surface area contributed by atoms with Crippen LogP contribution in [0.25, 0.3) is 10.2 Å². The molecule has 0 aliphatic carbocycles. The van der Waals surface area contributed by atoms with Crippen molar-refractivity contribution in [1.29, 1.82) is 0 Å². The lowest BCUT2D eigenvalue weighted by Crippen LogP contribution is -2.05. The van der Waals surface area contributed by atoms with Crippen molar-refractivity contribution in [1.82, 2.24) is 9.97 Å². The largest absolute Gasteiger partial charge is 0.368 e. The summed E-state index contributed by atoms with van der Waals surface area (Å²) in [6.45, 7) is 2.99. The number of aryl methyl sites for hydroxylation is 1. The Morgan fingerprint density at radius 2 is 2.22 bits per heavy atom. The number of nitrogens with zero attached hydrogens (tertiary/aromatic N) is 2. The topological polar surface area (TPSA) is 37.8 Å². The summed E-state index contributed by atoms with van der Waals surface area (Å²) >= 11 is 3.50. The second kappa shape index (κ2) is 5.04. The minimum absolute atomic E-state index is 0.906. The first-order chi connectivity index (χ1) is 8.84. The highest BCUT2D eigenvalue weighted by atomic mass is 32.1. The molecule has 1 N–H and O–H groups in total. The van der Waals surface area contributed by atoms with E-state index in [2.05, 4.69) is 45.1 Å². The number of anilines is 1. The van der Waals surface area contributed by atoms with Crippen molar-refractivity contribution in [2.45, 2.75) is 13.3 Å². The van der Waals surface area contributed by atoms with Gasteiger partial charge in [0.2, 0.25) is 0 Å². The standard InChI is InChI=1S/C13H13N3S2/c1-9-7-18-12-11(9)15-8-16-13(12)14-5-4-10-3-2-6-17-10/h2-3,6-8H,4-5H2,1H3,(H,14,15,16). The number of hydrogen-bond donors (Lipinski definition) is 1. The van der Waals surface area contributed by atoms with E-state index in [9.17, 15) is 0 Å². The molecule has 0 radical (unpaired) electrons. The van der Waals surface area contributed by atoms with Crippen LogP contribution in [0.2, 0.25) is 0 Å². The van der Waals surface area contributed by atoms with Crippen LogP contribution in [0.15, 0.2) is 29.2 Å². The van der Waals surface area contributed by atoms with Crippen molar-refractivity contribution in [2.75, 3.05) is 11.9 Å². The van der Waals surface area contributed by atoms with Gasteiger partial charge in [-0.05, 0) is 35.7 Å². The first-order valence-corrected chi connectivity index (χ1v) is 7.55. The van der Waals surface area contributed by atoms with Crippen LogP contribution in [0.3, 0.4) is 0 Å². The monoisotopic (exact) mass is 275 g/mol. The van der Waals surface area contributed by atoms with Crippen molar-refractivity contribution >= 4 is 38.7 Å². The summed E-state index contributed by atoms with van der Waals surface area (Å²) < 4.78 is 1.15. The molecule has 0 spiro atoms. The van der Waals surface area contributed by atoms with Crippen molar-refractivity contribution in [3.8, 4) is 0 Å². The highest BCUT2D eigenvalue weighted by Gasteiger charge is 2.07. The summed E-state index contributed by atoms with van der Waals surface area (Å²) in [5.41, 5.74) is 2.28. The molecule has 5 heteroatoms. The predicted molar refractivity (Wildman–Crippen MR) is 78.7 cm³/mol. The molecule has 3 nitrogen and oxygen atoms in total. The Hall–Kier alpha value is -1.46. The maximum atomic E-state index is 4.33. The second-order valence-electron chi connectivity index (χ2n) is 4.07. The summed E-state index contributed by atoms with van der Waals surface area (Å²) in [6.07, 6.45) is 2.67. The molecule has 0 amide bonds. The second-order valence-corrected chi connectivity index (χ2v) is 5.99. The fraction of sp³-hybridized carbons (Fsp3) is 0.231. The Labute approximate surface area is 114 Å². The van der Waals surface area contributed by atoms with Crippen molar-refractivity contribution in [3.05, 3.63) is 39.7 Å². The van der Waals surface area contributed by atoms with Gasteiger partial charge in [-0.2, -0.15) is 0 Å². The molecule has 92 valence electrons. The van der Waals surface area contributed by atoms with Crippen molar-refractivity contribution in [2.24, 2.45) is 0 Å². The van der Waals surface area contributed by atoms with E-state index in [-0.39, 0.29) is 0 Å². The molecule has 0 saturated carbocycles. The van der Waals surface area contributed by atoms with Gasteiger partial charge in [0, 0.05) is 11.4 Å². The molecule has 3 aromatic heterocycles. The molecule has 3 heterocycles. The van der Waals surface area contributed by atoms with E-state index >= 15 is 0 Å². The van der Waals surface area contributed by atoms with Crippen LogP contribution in [0.4, 0.5) is 5.82 Å². The summed E-state index contributed by atoms with van der Waals surface area (Å²) in [7, 11) is 0. The number of aromatic nitrogens is 2. The number of thiophene rings is 2. The van der Waals surface area contributed by atoms with Crippen LogP contribution in [0, 0.1) is 6.92 Å². The molecular formula is C13H13N3S2. The van der Waals surface area contributed by atoms with Gasteiger partial charge < -0.3 is 5.32 Å². The maximum Gasteiger partial charge on any atom is 0.147 e. The van der Waals surface area contributed by atoms with Crippen LogP contribution >= 0.6 is 22.7 Å². The highest BCUT2D eigenvalue weighted by Crippen LogP contribution is 2.28. The number of hydrogen-bond acceptors (Lipinski definition) is 5. The average Bonchev–Trinajstić information content (AvgIpc) is 3.01. The molecule has 3 rings (SSSR count). The summed E-state index contributed by atoms with van der Waals surface area (Å²) in [5.74, 6) is 0.953. The minimum Gasteiger partial charge on any atom is -0.368 e. The molecular weight excluding hydrogens is 262 g/mol. The van der Waals surface area contributed by atoms with Crippen molar-refractivity contribution < 1.29 is 0 Å². The Morgan fingerprint density at radius 3 is 3.06 bits per heavy atom. The average molecular weight is 275 g/mol. The molecule has 0 aliphatic heterocycles. The third kappa shape index (κ3) is 2.23. The zero-order valence-corrected chi connectivity index (χ0v) is 11.6. The fourth-order valence-electron chi connectivity index (χ4n) is 1.85. The predicted octanol–water partition coefficient (Wildman–Crippen LogP) is 3.72. The zero-order chi connectivity index (χ0) is 12.4. The van der Waals surface area contributed by atoms with E-state index in [0.717, 1.165) is 29.0 Å². The molecule has 0 saturated heterocycles. The lowest BCUT2D eigenvalue weighted by molar-refractivity contribution is 1.03. The summed E-state index contributed by atoms with van der Waals surface area (Å²) in [5, 5.41) is 7.65. The zero-order valence-electron chi connectivity index (χ0n) is 10.0. The lowest BCUT2D eigenvalue weighted by atomic mass is 10.3. The van der Waals surface area contributed by atoms with Gasteiger partial charge >= 0.3 is 0 Å². The van der Waals surface area contributed by atoms with Gasteiger partial charge in [0.05, 0.1) is 10.2 Å². The molecule has 0 bridgehead atoms. The Bertz CT molecular complexity index is 643. The molecule has 0 fully saturated rings. The third-order valence-corrected chi connectivity index (χ3v) is 4.80. The normalized spacial score (nSPS) is 10.9. The fourth-order valence-corrected chi connectivity index (χ4v) is 3.53. The van der Waals surface area contributed by atoms with E-state index in [1.54, 1.807) is 29.0 Å². The van der Waals surface area contributed by atoms with Crippen LogP contribution in [0.1, 0.15) is 10.4 Å². The van der Waals surface area contributed by atoms with E-state index in [0.29, 0.717) is 0 Å². The van der Waals surface area contributed by atoms with Crippen molar-refractivity contribution in [3.63, 3.8) is 0 Å². The van der Waals surface area contributed by atoms with Crippen LogP contribution in [-0.2, 0) is 6.42 Å². The summed E-state index contributed by atoms with van der Waals surface area (Å²) in [6, 6.07) is 4.25. The van der Waals surface area contributed by atoms with Crippen LogP contribution < -0.4 is 5.32 Å². The maximum absolute atomic E-state index is 4.33. The van der Waals surface area contributed by atoms with Gasteiger partial charge in [0.15, 0.2) is 0 Å². The lowest BCUT2D eigenvalue weighted by Gasteiger charge is -2.05. The smallest absolute Gasteiger partial charge is 0.147 e. The van der Waals surface area contributed by atoms with E-state index in [4.69, 9.17) is 0 Å². The quantitative estimate of drug-likeness (QED) is 0.788. The first kappa shape index (κ1) is 11.6. The van der Waals surface area contributed by atoms with Gasteiger partial charge in [-0.15, -0.1) is 22.7 Å².